The maximum absolute atomic E-state index is 13.6. The average Bonchev–Trinajstić information content (AvgIpc) is 3.06. The molecule has 0 unspecified atom stereocenters. The van der Waals surface area contributed by atoms with Crippen molar-refractivity contribution in [2.75, 3.05) is 71.0 Å². The second kappa shape index (κ2) is 15.1. The van der Waals surface area contributed by atoms with Gasteiger partial charge in [-0.3, -0.25) is 9.69 Å². The van der Waals surface area contributed by atoms with Crippen molar-refractivity contribution < 1.29 is 14.3 Å². The number of nitrogens with zero attached hydrogens (tertiary/aromatic N) is 5. The van der Waals surface area contributed by atoms with Crippen molar-refractivity contribution in [2.24, 2.45) is 0 Å². The molecule has 2 fully saturated rings. The van der Waals surface area contributed by atoms with Crippen molar-refractivity contribution >= 4 is 17.7 Å². The van der Waals surface area contributed by atoms with E-state index in [1.54, 1.807) is 17.0 Å². The molecule has 3 aromatic rings. The van der Waals surface area contributed by atoms with Crippen molar-refractivity contribution in [2.45, 2.75) is 32.7 Å². The maximum atomic E-state index is 13.6. The van der Waals surface area contributed by atoms with Gasteiger partial charge in [0.1, 0.15) is 6.61 Å². The summed E-state index contributed by atoms with van der Waals surface area (Å²) in [5.41, 5.74) is 4.68. The Morgan fingerprint density at radius 3 is 2.12 bits per heavy atom. The van der Waals surface area contributed by atoms with Crippen LogP contribution in [-0.4, -0.2) is 97.7 Å². The van der Waals surface area contributed by atoms with E-state index in [0.29, 0.717) is 12.1 Å². The second-order valence-electron chi connectivity index (χ2n) is 11.5. The number of likely N-dealkylation sites (N-methyl/N-ethyl adjacent to an activating group) is 2. The van der Waals surface area contributed by atoms with Gasteiger partial charge in [0.25, 0.3) is 5.91 Å². The van der Waals surface area contributed by atoms with E-state index in [9.17, 15) is 9.59 Å². The van der Waals surface area contributed by atoms with Gasteiger partial charge in [-0.15, -0.1) is 0 Å². The van der Waals surface area contributed by atoms with Crippen molar-refractivity contribution in [3.05, 3.63) is 90.0 Å². The van der Waals surface area contributed by atoms with Crippen LogP contribution in [0.2, 0.25) is 0 Å². The Hall–Kier alpha value is -3.72. The van der Waals surface area contributed by atoms with E-state index in [1.165, 1.54) is 5.56 Å². The normalized spacial score (nSPS) is 16.5. The molecule has 2 heterocycles. The van der Waals surface area contributed by atoms with Crippen LogP contribution in [0.3, 0.4) is 0 Å². The zero-order chi connectivity index (χ0) is 30.0. The lowest BCUT2D eigenvalue weighted by atomic mass is 10.0. The lowest BCUT2D eigenvalue weighted by Gasteiger charge is -2.37. The van der Waals surface area contributed by atoms with Gasteiger partial charge < -0.3 is 14.5 Å². The third kappa shape index (κ3) is 8.02. The molecule has 0 spiro atoms. The van der Waals surface area contributed by atoms with Crippen molar-refractivity contribution in [1.82, 2.24) is 19.7 Å². The van der Waals surface area contributed by atoms with E-state index < -0.39 is 6.09 Å². The number of piperidine rings is 1. The Morgan fingerprint density at radius 1 is 0.767 bits per heavy atom. The number of ether oxygens (including phenoxy) is 1. The summed E-state index contributed by atoms with van der Waals surface area (Å²) < 4.78 is 5.82. The van der Waals surface area contributed by atoms with E-state index in [-0.39, 0.29) is 12.5 Å². The molecule has 2 aliphatic heterocycles. The molecule has 0 aromatic heterocycles. The van der Waals surface area contributed by atoms with Crippen LogP contribution in [0.5, 0.6) is 0 Å². The molecule has 0 bridgehead atoms. The molecule has 0 atom stereocenters. The molecule has 0 radical (unpaired) electrons. The smallest absolute Gasteiger partial charge is 0.429 e. The minimum atomic E-state index is -0.421. The van der Waals surface area contributed by atoms with Gasteiger partial charge >= 0.3 is 6.09 Å². The highest BCUT2D eigenvalue weighted by Gasteiger charge is 2.28. The van der Waals surface area contributed by atoms with E-state index in [2.05, 4.69) is 33.9 Å². The number of rotatable bonds is 10. The molecule has 2 aliphatic rings. The van der Waals surface area contributed by atoms with Crippen LogP contribution in [-0.2, 0) is 11.3 Å². The summed E-state index contributed by atoms with van der Waals surface area (Å²) in [7, 11) is 1.75. The Balaban J connectivity index is 1.18. The number of carbonyl (C=O) groups excluding carboxylic acids is 2. The topological polar surface area (TPSA) is 59.6 Å². The fourth-order valence-corrected chi connectivity index (χ4v) is 5.89. The number of benzene rings is 3. The van der Waals surface area contributed by atoms with E-state index in [1.807, 2.05) is 66.7 Å². The van der Waals surface area contributed by atoms with Gasteiger partial charge in [-0.05, 0) is 48.7 Å². The maximum Gasteiger partial charge on any atom is 0.429 e. The van der Waals surface area contributed by atoms with E-state index in [0.717, 1.165) is 88.4 Å². The monoisotopic (exact) mass is 583 g/mol. The first-order valence-electron chi connectivity index (χ1n) is 15.7. The predicted molar refractivity (Wildman–Crippen MR) is 172 cm³/mol. The zero-order valence-electron chi connectivity index (χ0n) is 25.7. The fraction of sp³-hybridized carbons (Fsp3) is 0.429. The molecular formula is C35H45N5O3. The summed E-state index contributed by atoms with van der Waals surface area (Å²) in [4.78, 5) is 33.3. The third-order valence-corrected chi connectivity index (χ3v) is 8.52. The lowest BCUT2D eigenvalue weighted by molar-refractivity contribution is 0.0733. The summed E-state index contributed by atoms with van der Waals surface area (Å²) in [6.45, 7) is 10.6. The third-order valence-electron chi connectivity index (χ3n) is 8.52. The first kappa shape index (κ1) is 30.7. The van der Waals surface area contributed by atoms with Crippen LogP contribution in [0.25, 0.3) is 11.1 Å². The Morgan fingerprint density at radius 2 is 1.42 bits per heavy atom. The van der Waals surface area contributed by atoms with Gasteiger partial charge in [-0.2, -0.15) is 0 Å². The highest BCUT2D eigenvalue weighted by Crippen LogP contribution is 2.33. The molecule has 8 nitrogen and oxygen atoms in total. The SMILES string of the molecule is CCN1CCN(Cc2ccc(C(=O)N(C)CCOC(=O)N(c3ccccc3-c3ccccc3)N3CCCCC3)cc2)CC1. The molecule has 0 saturated carbocycles. The highest BCUT2D eigenvalue weighted by atomic mass is 16.6. The van der Waals surface area contributed by atoms with Crippen molar-refractivity contribution in [3.63, 3.8) is 0 Å². The summed E-state index contributed by atoms with van der Waals surface area (Å²) in [6.07, 6.45) is 2.80. The zero-order valence-corrected chi connectivity index (χ0v) is 25.7. The number of hydrogen-bond donors (Lipinski definition) is 0. The van der Waals surface area contributed by atoms with Crippen molar-refractivity contribution in [1.29, 1.82) is 0 Å². The highest BCUT2D eigenvalue weighted by molar-refractivity contribution is 5.94. The summed E-state index contributed by atoms with van der Waals surface area (Å²) in [5, 5.41) is 3.79. The number of piperazine rings is 1. The minimum Gasteiger partial charge on any atom is -0.446 e. The van der Waals surface area contributed by atoms with Crippen LogP contribution in [0.15, 0.2) is 78.9 Å². The number of anilines is 1. The summed E-state index contributed by atoms with van der Waals surface area (Å²) in [5.74, 6) is -0.0820. The molecule has 2 amide bonds. The lowest BCUT2D eigenvalue weighted by Crippen LogP contribution is -2.50. The molecule has 0 aliphatic carbocycles. The average molecular weight is 584 g/mol. The van der Waals surface area contributed by atoms with Crippen LogP contribution < -0.4 is 5.01 Å². The van der Waals surface area contributed by atoms with Gasteiger partial charge in [0.2, 0.25) is 0 Å². The molecule has 2 saturated heterocycles. The standard InChI is InChI=1S/C35H45N5O3/c1-3-37-22-24-38(25-23-37)28-29-16-18-31(19-17-29)34(41)36(2)26-27-43-35(42)40(39-20-10-5-11-21-39)33-15-9-8-14-32(33)30-12-6-4-7-13-30/h4,6-9,12-19H,3,5,10-11,20-28H2,1-2H3. The van der Waals surface area contributed by atoms with E-state index >= 15 is 0 Å². The molecule has 43 heavy (non-hydrogen) atoms. The first-order chi connectivity index (χ1) is 21.0. The number of amides is 2. The number of carbonyl (C=O) groups is 2. The number of para-hydroxylation sites is 1. The van der Waals surface area contributed by atoms with Gasteiger partial charge in [0, 0.05) is 64.0 Å². The molecule has 0 N–H and O–H groups in total. The quantitative estimate of drug-likeness (QED) is 0.309. The first-order valence-corrected chi connectivity index (χ1v) is 15.7. The van der Waals surface area contributed by atoms with Gasteiger partial charge in [0.15, 0.2) is 0 Å². The molecule has 3 aromatic carbocycles. The van der Waals surface area contributed by atoms with E-state index in [4.69, 9.17) is 4.74 Å². The van der Waals surface area contributed by atoms with Crippen LogP contribution >= 0.6 is 0 Å². The Bertz CT molecular complexity index is 1320. The van der Waals surface area contributed by atoms with Crippen LogP contribution in [0.4, 0.5) is 10.5 Å². The Labute approximate surface area is 256 Å². The minimum absolute atomic E-state index is 0.0820. The van der Waals surface area contributed by atoms with Gasteiger partial charge in [-0.1, -0.05) is 74.0 Å². The number of hydrazine groups is 1. The Kier molecular flexibility index (Phi) is 10.8. The van der Waals surface area contributed by atoms with Gasteiger partial charge in [0.05, 0.1) is 12.2 Å². The molecular weight excluding hydrogens is 538 g/mol. The second-order valence-corrected chi connectivity index (χ2v) is 11.5. The van der Waals surface area contributed by atoms with Crippen LogP contribution in [0.1, 0.15) is 42.1 Å². The van der Waals surface area contributed by atoms with Crippen LogP contribution in [0, 0.1) is 0 Å². The largest absolute Gasteiger partial charge is 0.446 e. The predicted octanol–water partition coefficient (Wildman–Crippen LogP) is 5.61. The summed E-state index contributed by atoms with van der Waals surface area (Å²) in [6, 6.07) is 26.0. The van der Waals surface area contributed by atoms with Gasteiger partial charge in [-0.25, -0.2) is 14.8 Å². The molecule has 228 valence electrons. The molecule has 8 heteroatoms. The van der Waals surface area contributed by atoms with Crippen molar-refractivity contribution in [3.8, 4) is 11.1 Å². The fourth-order valence-electron chi connectivity index (χ4n) is 5.89. The molecule has 5 rings (SSSR count). The number of hydrogen-bond acceptors (Lipinski definition) is 6. The summed E-state index contributed by atoms with van der Waals surface area (Å²) >= 11 is 0.